The maximum atomic E-state index is 13.5. The molecule has 294 valence electrons. The van der Waals surface area contributed by atoms with Crippen LogP contribution in [0.1, 0.15) is 106 Å². The Labute approximate surface area is 313 Å². The molecular weight excluding hydrogens is 658 g/mol. The third kappa shape index (κ3) is 5.21. The van der Waals surface area contributed by atoms with E-state index < -0.39 is 6.10 Å². The van der Waals surface area contributed by atoms with E-state index in [2.05, 4.69) is 53.4 Å². The fourth-order valence-corrected chi connectivity index (χ4v) is 14.6. The van der Waals surface area contributed by atoms with Crippen molar-refractivity contribution in [1.29, 1.82) is 0 Å². The summed E-state index contributed by atoms with van der Waals surface area (Å²) in [4.78, 5) is 32.6. The second kappa shape index (κ2) is 13.0. The van der Waals surface area contributed by atoms with Gasteiger partial charge in [-0.15, -0.1) is 0 Å². The van der Waals surface area contributed by atoms with Gasteiger partial charge in [0.15, 0.2) is 0 Å². The van der Waals surface area contributed by atoms with Crippen LogP contribution < -0.4 is 0 Å². The lowest BCUT2D eigenvalue weighted by Crippen LogP contribution is -2.60. The first kappa shape index (κ1) is 37.3. The topological polar surface area (TPSA) is 101 Å². The predicted molar refractivity (Wildman–Crippen MR) is 198 cm³/mol. The van der Waals surface area contributed by atoms with Crippen LogP contribution in [0.3, 0.4) is 0 Å². The molecular formula is C42H69N3O7. The zero-order valence-electron chi connectivity index (χ0n) is 33.5. The van der Waals surface area contributed by atoms with E-state index >= 15 is 0 Å². The molecule has 52 heavy (non-hydrogen) atoms. The summed E-state index contributed by atoms with van der Waals surface area (Å²) in [5.74, 6) is 1.73. The summed E-state index contributed by atoms with van der Waals surface area (Å²) in [5, 5.41) is 12.7. The number of methoxy groups -OCH3 is 1. The van der Waals surface area contributed by atoms with Gasteiger partial charge < -0.3 is 33.9 Å². The molecule has 8 fully saturated rings. The quantitative estimate of drug-likeness (QED) is 0.320. The van der Waals surface area contributed by atoms with Crippen molar-refractivity contribution in [3.63, 3.8) is 0 Å². The minimum atomic E-state index is -0.553. The highest BCUT2D eigenvalue weighted by Gasteiger charge is 2.84. The molecule has 0 bridgehead atoms. The van der Waals surface area contributed by atoms with Crippen molar-refractivity contribution < 1.29 is 33.6 Å². The number of hydrogen-bond donors (Lipinski definition) is 1. The molecule has 2 spiro atoms. The van der Waals surface area contributed by atoms with E-state index in [0.717, 1.165) is 77.7 Å². The number of piperazine rings is 1. The van der Waals surface area contributed by atoms with Gasteiger partial charge in [-0.1, -0.05) is 48.5 Å². The van der Waals surface area contributed by atoms with Crippen molar-refractivity contribution in [1.82, 2.24) is 14.7 Å². The van der Waals surface area contributed by atoms with E-state index in [1.165, 1.54) is 12.8 Å². The summed E-state index contributed by atoms with van der Waals surface area (Å²) >= 11 is 0. The molecule has 0 radical (unpaired) electrons. The van der Waals surface area contributed by atoms with Gasteiger partial charge in [0.25, 0.3) is 0 Å². The minimum Gasteiger partial charge on any atom is -0.446 e. The molecule has 6 unspecified atom stereocenters. The zero-order valence-corrected chi connectivity index (χ0v) is 33.5. The first-order valence-electron chi connectivity index (χ1n) is 21.1. The van der Waals surface area contributed by atoms with E-state index in [1.54, 1.807) is 12.0 Å². The number of fused-ring (bicyclic) bond motifs is 4. The highest BCUT2D eigenvalue weighted by Crippen LogP contribution is 2.89. The van der Waals surface area contributed by atoms with Gasteiger partial charge in [-0.25, -0.2) is 9.59 Å². The van der Waals surface area contributed by atoms with E-state index in [4.69, 9.17) is 18.9 Å². The number of likely N-dealkylation sites (tertiary alicyclic amines) is 1. The Morgan fingerprint density at radius 3 is 2.21 bits per heavy atom. The third-order valence-corrected chi connectivity index (χ3v) is 17.6. The Morgan fingerprint density at radius 2 is 1.56 bits per heavy atom. The van der Waals surface area contributed by atoms with Gasteiger partial charge in [-0.2, -0.15) is 0 Å². The number of amides is 2. The van der Waals surface area contributed by atoms with Crippen molar-refractivity contribution in [2.24, 2.45) is 56.7 Å². The number of carbonyl (C=O) groups is 2. The van der Waals surface area contributed by atoms with Gasteiger partial charge in [-0.05, 0) is 104 Å². The van der Waals surface area contributed by atoms with Gasteiger partial charge in [0.1, 0.15) is 12.2 Å². The van der Waals surface area contributed by atoms with E-state index in [9.17, 15) is 14.7 Å². The number of nitrogens with zero attached hydrogens (tertiary/aromatic N) is 3. The van der Waals surface area contributed by atoms with Crippen LogP contribution in [0.25, 0.3) is 0 Å². The second-order valence-electron chi connectivity index (χ2n) is 20.2. The van der Waals surface area contributed by atoms with Crippen LogP contribution in [0.4, 0.5) is 9.59 Å². The van der Waals surface area contributed by atoms with Gasteiger partial charge in [0, 0.05) is 63.8 Å². The van der Waals surface area contributed by atoms with E-state index in [1.807, 2.05) is 4.90 Å². The Morgan fingerprint density at radius 1 is 0.885 bits per heavy atom. The average Bonchev–Trinajstić information content (AvgIpc) is 3.71. The highest BCUT2D eigenvalue weighted by atomic mass is 16.6. The van der Waals surface area contributed by atoms with E-state index in [0.29, 0.717) is 37.5 Å². The number of hydrogen-bond acceptors (Lipinski definition) is 8. The SMILES string of the molecule is COCCN1CCN(C(=O)O[C@H]2CCC34CC35CC[C@]3(C)C6C(OC([C@H](OC(=O)N7CCC7)C(C)C)C[C@H]6C)[C@H](O)[C@@]3(C)C5CC[C@H]4C2(C)C)CC1. The van der Waals surface area contributed by atoms with Gasteiger partial charge in [0.05, 0.1) is 24.9 Å². The molecule has 2 amide bonds. The lowest BCUT2D eigenvalue weighted by atomic mass is 9.41. The van der Waals surface area contributed by atoms with Crippen molar-refractivity contribution in [2.75, 3.05) is 59.5 Å². The molecule has 0 aromatic heterocycles. The maximum absolute atomic E-state index is 13.5. The Balaban J connectivity index is 0.977. The number of aliphatic hydroxyl groups excluding tert-OH is 1. The smallest absolute Gasteiger partial charge is 0.410 e. The van der Waals surface area contributed by atoms with E-state index in [-0.39, 0.29) is 75.5 Å². The Kier molecular flexibility index (Phi) is 9.31. The fourth-order valence-electron chi connectivity index (χ4n) is 14.6. The van der Waals surface area contributed by atoms with Gasteiger partial charge >= 0.3 is 12.2 Å². The molecule has 1 N–H and O–H groups in total. The maximum Gasteiger partial charge on any atom is 0.410 e. The molecule has 13 atom stereocenters. The third-order valence-electron chi connectivity index (χ3n) is 17.6. The lowest BCUT2D eigenvalue weighted by Gasteiger charge is -2.63. The molecule has 8 aliphatic rings. The van der Waals surface area contributed by atoms with Crippen LogP contribution in [0.15, 0.2) is 0 Å². The van der Waals surface area contributed by atoms with Gasteiger partial charge in [-0.3, -0.25) is 4.90 Å². The van der Waals surface area contributed by atoms with Crippen LogP contribution in [0.2, 0.25) is 0 Å². The summed E-state index contributed by atoms with van der Waals surface area (Å²) in [5.41, 5.74) is 0.121. The summed E-state index contributed by atoms with van der Waals surface area (Å²) in [6.07, 6.45) is 8.01. The van der Waals surface area contributed by atoms with Crippen LogP contribution >= 0.6 is 0 Å². The van der Waals surface area contributed by atoms with Crippen molar-refractivity contribution in [3.05, 3.63) is 0 Å². The lowest BCUT2D eigenvalue weighted by molar-refractivity contribution is -0.185. The number of ether oxygens (including phenoxy) is 4. The average molecular weight is 728 g/mol. The fraction of sp³-hybridized carbons (Fsp3) is 0.952. The molecule has 5 aliphatic carbocycles. The highest BCUT2D eigenvalue weighted by molar-refractivity contribution is 5.69. The van der Waals surface area contributed by atoms with Crippen molar-refractivity contribution >= 4 is 12.2 Å². The standard InChI is InChI=1S/C42H69N3O7/c1-26(2)33(52-37(48)44-16-9-17-44)28-24-27(3)32-34(50-28)35(46)40(7)30-11-10-29-38(4,5)31(12-13-41(29)25-42(30,41)15-14-39(32,40)6)51-36(47)45-20-18-43(19-21-45)22-23-49-8/h26-35,46H,9-25H2,1-8H3/t27-,28?,29+,30?,31+,32?,33-,34?,35+,39-,40-,41?,42?/m1/s1. The van der Waals surface area contributed by atoms with Crippen LogP contribution in [0.5, 0.6) is 0 Å². The summed E-state index contributed by atoms with van der Waals surface area (Å²) < 4.78 is 24.9. The number of rotatable bonds is 7. The predicted octanol–water partition coefficient (Wildman–Crippen LogP) is 6.44. The molecule has 10 nitrogen and oxygen atoms in total. The Bertz CT molecular complexity index is 1380. The molecule has 8 rings (SSSR count). The Hall–Kier alpha value is -1.62. The van der Waals surface area contributed by atoms with Crippen molar-refractivity contribution in [2.45, 2.75) is 137 Å². The number of carbonyl (C=O) groups excluding carboxylic acids is 2. The molecule has 10 heteroatoms. The van der Waals surface area contributed by atoms with Crippen molar-refractivity contribution in [3.8, 4) is 0 Å². The van der Waals surface area contributed by atoms with Crippen LogP contribution in [-0.4, -0.2) is 122 Å². The monoisotopic (exact) mass is 728 g/mol. The molecule has 3 heterocycles. The zero-order chi connectivity index (χ0) is 37.0. The first-order valence-corrected chi connectivity index (χ1v) is 21.1. The summed E-state index contributed by atoms with van der Waals surface area (Å²) in [7, 11) is 1.74. The van der Waals surface area contributed by atoms with Crippen LogP contribution in [0, 0.1) is 56.7 Å². The molecule has 3 saturated heterocycles. The van der Waals surface area contributed by atoms with Crippen LogP contribution in [-0.2, 0) is 18.9 Å². The molecule has 3 aliphatic heterocycles. The largest absolute Gasteiger partial charge is 0.446 e. The first-order chi connectivity index (χ1) is 24.6. The number of aliphatic hydroxyl groups is 1. The minimum absolute atomic E-state index is 0.0223. The second-order valence-corrected chi connectivity index (χ2v) is 20.2. The molecule has 5 saturated carbocycles. The summed E-state index contributed by atoms with van der Waals surface area (Å²) in [6.45, 7) is 22.6. The summed E-state index contributed by atoms with van der Waals surface area (Å²) in [6, 6.07) is 0. The molecule has 0 aromatic rings. The van der Waals surface area contributed by atoms with Gasteiger partial charge in [0.2, 0.25) is 0 Å². The normalized spacial score (nSPS) is 46.9. The molecule has 0 aromatic carbocycles.